The molecule has 1 aromatic heterocycles. The number of aromatic nitrogens is 1. The van der Waals surface area contributed by atoms with Gasteiger partial charge >= 0.3 is 0 Å². The number of nitrogens with zero attached hydrogens (tertiary/aromatic N) is 3. The number of halogens is 1. The quantitative estimate of drug-likeness (QED) is 0.617. The summed E-state index contributed by atoms with van der Waals surface area (Å²) in [4.78, 5) is 6.51. The van der Waals surface area contributed by atoms with Crippen molar-refractivity contribution in [3.05, 3.63) is 70.9 Å². The van der Waals surface area contributed by atoms with Crippen LogP contribution in [-0.2, 0) is 6.42 Å². The lowest BCUT2D eigenvalue weighted by atomic mass is 9.90. The molecule has 0 unspecified atom stereocenters. The van der Waals surface area contributed by atoms with Gasteiger partial charge in [-0.3, -0.25) is 0 Å². The Hall–Kier alpha value is -2.77. The van der Waals surface area contributed by atoms with E-state index >= 15 is 0 Å². The van der Waals surface area contributed by atoms with Gasteiger partial charge in [-0.25, -0.2) is 0 Å². The van der Waals surface area contributed by atoms with E-state index in [1.807, 2.05) is 12.1 Å². The van der Waals surface area contributed by atoms with Crippen molar-refractivity contribution in [1.82, 2.24) is 4.98 Å². The highest BCUT2D eigenvalue weighted by atomic mass is 35.5. The lowest BCUT2D eigenvalue weighted by Crippen LogP contribution is -2.34. The predicted molar refractivity (Wildman–Crippen MR) is 107 cm³/mol. The number of anilines is 1. The van der Waals surface area contributed by atoms with E-state index in [1.165, 1.54) is 5.56 Å². The van der Waals surface area contributed by atoms with Gasteiger partial charge in [0.05, 0.1) is 0 Å². The van der Waals surface area contributed by atoms with Crippen LogP contribution in [0.3, 0.4) is 0 Å². The molecule has 5 heteroatoms. The van der Waals surface area contributed by atoms with Crippen LogP contribution in [0.5, 0.6) is 0 Å². The van der Waals surface area contributed by atoms with E-state index in [-0.39, 0.29) is 0 Å². The number of piperidine rings is 1. The van der Waals surface area contributed by atoms with Crippen LogP contribution in [0.2, 0.25) is 5.02 Å². The third kappa shape index (κ3) is 3.99. The molecule has 0 radical (unpaired) electrons. The lowest BCUT2D eigenvalue weighted by molar-refractivity contribution is 0.389. The Morgan fingerprint density at radius 1 is 1.11 bits per heavy atom. The SMILES string of the molecule is N#Cc1nc(-c2cccc(Cl)c2)oc1N1CCC(Cc2ccccc2)CC1. The summed E-state index contributed by atoms with van der Waals surface area (Å²) in [6.45, 7) is 1.74. The van der Waals surface area contributed by atoms with Crippen molar-refractivity contribution in [3.8, 4) is 17.5 Å². The van der Waals surface area contributed by atoms with Gasteiger partial charge < -0.3 is 9.32 Å². The summed E-state index contributed by atoms with van der Waals surface area (Å²) in [5.74, 6) is 1.67. The largest absolute Gasteiger partial charge is 0.419 e. The minimum absolute atomic E-state index is 0.339. The Morgan fingerprint density at radius 3 is 2.59 bits per heavy atom. The molecule has 2 heterocycles. The maximum atomic E-state index is 9.49. The Morgan fingerprint density at radius 2 is 1.89 bits per heavy atom. The highest BCUT2D eigenvalue weighted by Crippen LogP contribution is 2.32. The number of rotatable bonds is 4. The summed E-state index contributed by atoms with van der Waals surface area (Å²) in [7, 11) is 0. The Labute approximate surface area is 164 Å². The van der Waals surface area contributed by atoms with Crippen LogP contribution in [0.4, 0.5) is 5.88 Å². The topological polar surface area (TPSA) is 53.1 Å². The molecule has 27 heavy (non-hydrogen) atoms. The maximum Gasteiger partial charge on any atom is 0.235 e. The molecule has 0 amide bonds. The van der Waals surface area contributed by atoms with Gasteiger partial charge in [-0.1, -0.05) is 48.0 Å². The molecular weight excluding hydrogens is 358 g/mol. The minimum Gasteiger partial charge on any atom is -0.419 e. The van der Waals surface area contributed by atoms with Gasteiger partial charge in [0, 0.05) is 23.7 Å². The van der Waals surface area contributed by atoms with Crippen molar-refractivity contribution in [1.29, 1.82) is 5.26 Å². The molecule has 0 spiro atoms. The van der Waals surface area contributed by atoms with Crippen molar-refractivity contribution in [2.45, 2.75) is 19.3 Å². The second kappa shape index (κ2) is 7.85. The average Bonchev–Trinajstić information content (AvgIpc) is 3.14. The molecule has 0 aliphatic carbocycles. The van der Waals surface area contributed by atoms with E-state index < -0.39 is 0 Å². The maximum absolute atomic E-state index is 9.49. The zero-order valence-electron chi connectivity index (χ0n) is 14.9. The van der Waals surface area contributed by atoms with Gasteiger partial charge in [0.1, 0.15) is 6.07 Å². The summed E-state index contributed by atoms with van der Waals surface area (Å²) in [5, 5.41) is 10.1. The second-order valence-corrected chi connectivity index (χ2v) is 7.35. The van der Waals surface area contributed by atoms with E-state index in [2.05, 4.69) is 46.3 Å². The number of oxazole rings is 1. The second-order valence-electron chi connectivity index (χ2n) is 6.92. The summed E-state index contributed by atoms with van der Waals surface area (Å²) in [6, 6.07) is 20.1. The summed E-state index contributed by atoms with van der Waals surface area (Å²) >= 11 is 6.06. The van der Waals surface area contributed by atoms with E-state index in [0.717, 1.165) is 37.9 Å². The average molecular weight is 378 g/mol. The van der Waals surface area contributed by atoms with Crippen LogP contribution >= 0.6 is 11.6 Å². The molecular formula is C22H20ClN3O. The zero-order chi connectivity index (χ0) is 18.6. The van der Waals surface area contributed by atoms with Crippen LogP contribution in [-0.4, -0.2) is 18.1 Å². The van der Waals surface area contributed by atoms with Gasteiger partial charge in [-0.2, -0.15) is 10.2 Å². The van der Waals surface area contributed by atoms with Crippen LogP contribution in [0.15, 0.2) is 59.0 Å². The van der Waals surface area contributed by atoms with Crippen molar-refractivity contribution in [3.63, 3.8) is 0 Å². The van der Waals surface area contributed by atoms with Crippen molar-refractivity contribution < 1.29 is 4.42 Å². The molecule has 0 atom stereocenters. The molecule has 4 rings (SSSR count). The Balaban J connectivity index is 1.47. The minimum atomic E-state index is 0.339. The van der Waals surface area contributed by atoms with Crippen LogP contribution in [0.1, 0.15) is 24.1 Å². The lowest BCUT2D eigenvalue weighted by Gasteiger charge is -2.31. The van der Waals surface area contributed by atoms with Crippen molar-refractivity contribution >= 4 is 17.5 Å². The molecule has 0 saturated carbocycles. The fourth-order valence-electron chi connectivity index (χ4n) is 3.63. The zero-order valence-corrected chi connectivity index (χ0v) is 15.7. The molecule has 4 nitrogen and oxygen atoms in total. The third-order valence-corrected chi connectivity index (χ3v) is 5.29. The molecule has 1 aliphatic heterocycles. The first kappa shape index (κ1) is 17.6. The van der Waals surface area contributed by atoms with E-state index in [0.29, 0.717) is 28.4 Å². The van der Waals surface area contributed by atoms with E-state index in [9.17, 15) is 5.26 Å². The first-order valence-electron chi connectivity index (χ1n) is 9.18. The first-order valence-corrected chi connectivity index (χ1v) is 9.56. The highest BCUT2D eigenvalue weighted by Gasteiger charge is 2.25. The van der Waals surface area contributed by atoms with E-state index in [4.69, 9.17) is 16.0 Å². The summed E-state index contributed by atoms with van der Waals surface area (Å²) in [5.41, 5.74) is 2.51. The number of hydrogen-bond donors (Lipinski definition) is 0. The van der Waals surface area contributed by atoms with Crippen LogP contribution in [0, 0.1) is 17.2 Å². The number of benzene rings is 2. The van der Waals surface area contributed by atoms with Gasteiger partial charge in [0.25, 0.3) is 0 Å². The van der Waals surface area contributed by atoms with Gasteiger partial charge in [-0.15, -0.1) is 0 Å². The smallest absolute Gasteiger partial charge is 0.235 e. The molecule has 136 valence electrons. The Kier molecular flexibility index (Phi) is 5.13. The standard InChI is InChI=1S/C22H20ClN3O/c23-19-8-4-7-18(14-19)21-25-20(15-24)22(27-21)26-11-9-17(10-12-26)13-16-5-2-1-3-6-16/h1-8,14,17H,9-13H2. The Bertz CT molecular complexity index is 953. The monoisotopic (exact) mass is 377 g/mol. The van der Waals surface area contributed by atoms with Crippen LogP contribution < -0.4 is 4.90 Å². The molecule has 0 bridgehead atoms. The number of nitriles is 1. The fourth-order valence-corrected chi connectivity index (χ4v) is 3.82. The van der Waals surface area contributed by atoms with Gasteiger partial charge in [-0.05, 0) is 48.9 Å². The van der Waals surface area contributed by atoms with Gasteiger partial charge in [0.15, 0.2) is 0 Å². The molecule has 0 N–H and O–H groups in total. The molecule has 1 fully saturated rings. The molecule has 2 aromatic carbocycles. The molecule has 3 aromatic rings. The third-order valence-electron chi connectivity index (χ3n) is 5.06. The summed E-state index contributed by atoms with van der Waals surface area (Å²) < 4.78 is 5.97. The first-order chi connectivity index (χ1) is 13.2. The van der Waals surface area contributed by atoms with Crippen molar-refractivity contribution in [2.24, 2.45) is 5.92 Å². The molecule has 1 aliphatic rings. The van der Waals surface area contributed by atoms with E-state index in [1.54, 1.807) is 12.1 Å². The summed E-state index contributed by atoms with van der Waals surface area (Å²) in [6.07, 6.45) is 3.25. The highest BCUT2D eigenvalue weighted by molar-refractivity contribution is 6.30. The number of hydrogen-bond acceptors (Lipinski definition) is 4. The fraction of sp³-hybridized carbons (Fsp3) is 0.273. The van der Waals surface area contributed by atoms with Crippen molar-refractivity contribution in [2.75, 3.05) is 18.0 Å². The van der Waals surface area contributed by atoms with Crippen LogP contribution in [0.25, 0.3) is 11.5 Å². The normalized spacial score (nSPS) is 14.9. The predicted octanol–water partition coefficient (Wildman–Crippen LogP) is 5.33. The van der Waals surface area contributed by atoms with Gasteiger partial charge in [0.2, 0.25) is 17.5 Å². The molecule has 1 saturated heterocycles.